The van der Waals surface area contributed by atoms with E-state index in [1.807, 2.05) is 0 Å². The van der Waals surface area contributed by atoms with Gasteiger partial charge in [0.2, 0.25) is 5.88 Å². The van der Waals surface area contributed by atoms with Crippen molar-refractivity contribution in [3.05, 3.63) is 107 Å². The third-order valence-corrected chi connectivity index (χ3v) is 8.06. The van der Waals surface area contributed by atoms with Gasteiger partial charge in [-0.05, 0) is 85.9 Å². The molecule has 2 aromatic carbocycles. The number of hydrogen-bond acceptors (Lipinski definition) is 7. The summed E-state index contributed by atoms with van der Waals surface area (Å²) < 4.78 is 40.8. The smallest absolute Gasteiger partial charge is 0.246 e. The molecule has 3 aromatic heterocycles. The van der Waals surface area contributed by atoms with Gasteiger partial charge in [0, 0.05) is 36.9 Å². The number of carbonyl (C=O) groups excluding carboxylic acids is 1. The minimum absolute atomic E-state index is 0.0361. The van der Waals surface area contributed by atoms with Gasteiger partial charge in [0.05, 0.1) is 12.3 Å². The van der Waals surface area contributed by atoms with Gasteiger partial charge in [-0.1, -0.05) is 25.1 Å². The third kappa shape index (κ3) is 6.75. The van der Waals surface area contributed by atoms with E-state index in [9.17, 15) is 9.18 Å². The second kappa shape index (κ2) is 13.3. The summed E-state index contributed by atoms with van der Waals surface area (Å²) in [7, 11) is 0. The standard InChI is InChI=1S/C34H33F2N5O3/c1-2-41-16-12-23(13-17-41)21-43-34-32-31(11-15-38-33(32)39-40-34)44-30-10-7-24(18-27(30)36)19-28-26(4-3-14-37-28)29(42)20-22-5-8-25(35)9-6-22/h3-11,14-15,18,23H,2,12-13,16-17,19-21H2,1H3,(H,38,39,40). The molecule has 1 aliphatic rings. The maximum Gasteiger partial charge on any atom is 0.246 e. The highest BCUT2D eigenvalue weighted by atomic mass is 19.1. The first-order chi connectivity index (χ1) is 21.5. The lowest BCUT2D eigenvalue weighted by molar-refractivity contribution is 0.0991. The second-order valence-electron chi connectivity index (χ2n) is 11.0. The van der Waals surface area contributed by atoms with Crippen LogP contribution in [0.5, 0.6) is 17.4 Å². The zero-order valence-corrected chi connectivity index (χ0v) is 24.4. The number of carbonyl (C=O) groups is 1. The normalized spacial score (nSPS) is 14.2. The number of H-pyrrole nitrogens is 1. The van der Waals surface area contributed by atoms with Gasteiger partial charge in [-0.3, -0.25) is 14.9 Å². The number of Topliss-reactive ketones (excluding diaryl/α,β-unsaturated/α-hetero) is 1. The molecule has 1 saturated heterocycles. The molecule has 0 aliphatic carbocycles. The first-order valence-electron chi connectivity index (χ1n) is 14.8. The van der Waals surface area contributed by atoms with Crippen LogP contribution in [-0.2, 0) is 12.8 Å². The van der Waals surface area contributed by atoms with Crippen LogP contribution in [0.25, 0.3) is 11.0 Å². The Bertz CT molecular complexity index is 1750. The molecule has 226 valence electrons. The average Bonchev–Trinajstić information content (AvgIpc) is 3.47. The first kappa shape index (κ1) is 29.4. The molecule has 0 unspecified atom stereocenters. The van der Waals surface area contributed by atoms with Crippen LogP contribution in [0, 0.1) is 17.6 Å². The van der Waals surface area contributed by atoms with Crippen LogP contribution in [-0.4, -0.2) is 57.1 Å². The maximum absolute atomic E-state index is 15.4. The number of halogens is 2. The molecule has 10 heteroatoms. The highest BCUT2D eigenvalue weighted by molar-refractivity contribution is 5.98. The molecular formula is C34H33F2N5O3. The Labute approximate surface area is 254 Å². The predicted octanol–water partition coefficient (Wildman–Crippen LogP) is 6.55. The van der Waals surface area contributed by atoms with Gasteiger partial charge in [0.25, 0.3) is 0 Å². The summed E-state index contributed by atoms with van der Waals surface area (Å²) in [5.74, 6) is 0.170. The summed E-state index contributed by atoms with van der Waals surface area (Å²) in [6.07, 6.45) is 5.66. The van der Waals surface area contributed by atoms with E-state index in [-0.39, 0.29) is 30.2 Å². The number of benzene rings is 2. The number of ether oxygens (including phenoxy) is 2. The number of aromatic amines is 1. The molecule has 0 bridgehead atoms. The van der Waals surface area contributed by atoms with Gasteiger partial charge in [0.15, 0.2) is 23.0 Å². The predicted molar refractivity (Wildman–Crippen MR) is 162 cm³/mol. The number of piperidine rings is 1. The summed E-state index contributed by atoms with van der Waals surface area (Å²) in [5.41, 5.74) is 2.80. The molecule has 0 atom stereocenters. The van der Waals surface area contributed by atoms with E-state index in [0.29, 0.717) is 57.6 Å². The minimum atomic E-state index is -0.559. The van der Waals surface area contributed by atoms with E-state index < -0.39 is 5.82 Å². The lowest BCUT2D eigenvalue weighted by Gasteiger charge is -2.30. The van der Waals surface area contributed by atoms with Crippen LogP contribution in [0.4, 0.5) is 8.78 Å². The largest absolute Gasteiger partial charge is 0.476 e. The number of fused-ring (bicyclic) bond motifs is 1. The Balaban J connectivity index is 1.15. The Hall–Kier alpha value is -4.70. The first-order valence-corrected chi connectivity index (χ1v) is 14.8. The SMILES string of the molecule is CCN1CCC(COc2n[nH]c3nccc(Oc4ccc(Cc5ncccc5C(=O)Cc5ccc(F)cc5)cc4F)c23)CC1. The van der Waals surface area contributed by atoms with Crippen molar-refractivity contribution in [3.8, 4) is 17.4 Å². The van der Waals surface area contributed by atoms with Crippen LogP contribution in [0.2, 0.25) is 0 Å². The van der Waals surface area contributed by atoms with Crippen LogP contribution in [0.1, 0.15) is 46.9 Å². The minimum Gasteiger partial charge on any atom is -0.476 e. The summed E-state index contributed by atoms with van der Waals surface area (Å²) in [5, 5.41) is 7.74. The van der Waals surface area contributed by atoms with E-state index >= 15 is 4.39 Å². The van der Waals surface area contributed by atoms with Gasteiger partial charge in [0.1, 0.15) is 17.0 Å². The van der Waals surface area contributed by atoms with Crippen molar-refractivity contribution in [3.63, 3.8) is 0 Å². The molecule has 0 spiro atoms. The fraction of sp³-hybridized carbons (Fsp3) is 0.294. The zero-order valence-electron chi connectivity index (χ0n) is 24.4. The number of ketones is 1. The molecular weight excluding hydrogens is 564 g/mol. The van der Waals surface area contributed by atoms with Crippen LogP contribution in [0.15, 0.2) is 73.1 Å². The number of rotatable bonds is 11. The number of likely N-dealkylation sites (tertiary alicyclic amines) is 1. The molecule has 8 nitrogen and oxygen atoms in total. The maximum atomic E-state index is 15.4. The van der Waals surface area contributed by atoms with Gasteiger partial charge < -0.3 is 14.4 Å². The van der Waals surface area contributed by atoms with Gasteiger partial charge in [-0.15, -0.1) is 5.10 Å². The van der Waals surface area contributed by atoms with E-state index in [2.05, 4.69) is 32.0 Å². The second-order valence-corrected chi connectivity index (χ2v) is 11.0. The summed E-state index contributed by atoms with van der Waals surface area (Å²) in [6, 6.07) is 15.6. The highest BCUT2D eigenvalue weighted by Gasteiger charge is 2.22. The van der Waals surface area contributed by atoms with Crippen molar-refractivity contribution >= 4 is 16.8 Å². The van der Waals surface area contributed by atoms with Crippen LogP contribution >= 0.6 is 0 Å². The Morgan fingerprint density at radius 1 is 0.977 bits per heavy atom. The Morgan fingerprint density at radius 3 is 2.55 bits per heavy atom. The fourth-order valence-electron chi connectivity index (χ4n) is 5.52. The number of nitrogens with one attached hydrogen (secondary N) is 1. The van der Waals surface area contributed by atoms with Crippen molar-refractivity contribution in [2.24, 2.45) is 5.92 Å². The summed E-state index contributed by atoms with van der Waals surface area (Å²) in [6.45, 7) is 5.90. The van der Waals surface area contributed by atoms with Gasteiger partial charge >= 0.3 is 0 Å². The molecule has 0 saturated carbocycles. The number of nitrogens with zero attached hydrogens (tertiary/aromatic N) is 4. The average molecular weight is 598 g/mol. The van der Waals surface area contributed by atoms with Crippen molar-refractivity contribution in [1.82, 2.24) is 25.1 Å². The molecule has 1 fully saturated rings. The van der Waals surface area contributed by atoms with Gasteiger partial charge in [-0.25, -0.2) is 13.8 Å². The Morgan fingerprint density at radius 2 is 1.77 bits per heavy atom. The number of hydrogen-bond donors (Lipinski definition) is 1. The van der Waals surface area contributed by atoms with Crippen molar-refractivity contribution in [1.29, 1.82) is 0 Å². The lowest BCUT2D eigenvalue weighted by atomic mass is 9.98. The zero-order chi connectivity index (χ0) is 30.5. The molecule has 0 amide bonds. The lowest BCUT2D eigenvalue weighted by Crippen LogP contribution is -2.35. The highest BCUT2D eigenvalue weighted by Crippen LogP contribution is 2.35. The molecule has 44 heavy (non-hydrogen) atoms. The van der Waals surface area contributed by atoms with E-state index in [0.717, 1.165) is 32.5 Å². The molecule has 1 N–H and O–H groups in total. The fourth-order valence-corrected chi connectivity index (χ4v) is 5.52. The number of pyridine rings is 2. The van der Waals surface area contributed by atoms with E-state index in [1.54, 1.807) is 54.9 Å². The van der Waals surface area contributed by atoms with Crippen molar-refractivity contribution in [2.45, 2.75) is 32.6 Å². The van der Waals surface area contributed by atoms with E-state index in [4.69, 9.17) is 9.47 Å². The topological polar surface area (TPSA) is 93.2 Å². The van der Waals surface area contributed by atoms with Gasteiger partial charge in [-0.2, -0.15) is 0 Å². The summed E-state index contributed by atoms with van der Waals surface area (Å²) in [4.78, 5) is 24.2. The van der Waals surface area contributed by atoms with Crippen molar-refractivity contribution < 1.29 is 23.0 Å². The van der Waals surface area contributed by atoms with Crippen molar-refractivity contribution in [2.75, 3.05) is 26.2 Å². The number of aromatic nitrogens is 4. The quantitative estimate of drug-likeness (QED) is 0.173. The van der Waals surface area contributed by atoms with E-state index in [1.165, 1.54) is 18.2 Å². The molecule has 6 rings (SSSR count). The van der Waals surface area contributed by atoms with Crippen LogP contribution < -0.4 is 9.47 Å². The molecule has 4 heterocycles. The Kier molecular flexibility index (Phi) is 8.88. The van der Waals surface area contributed by atoms with Crippen LogP contribution in [0.3, 0.4) is 0 Å². The molecule has 1 aliphatic heterocycles. The molecule has 5 aromatic rings. The monoisotopic (exact) mass is 597 g/mol. The molecule has 0 radical (unpaired) electrons. The third-order valence-electron chi connectivity index (χ3n) is 8.06. The summed E-state index contributed by atoms with van der Waals surface area (Å²) >= 11 is 0.